The van der Waals surface area contributed by atoms with Crippen LogP contribution in [0.5, 0.6) is 0 Å². The van der Waals surface area contributed by atoms with Crippen LogP contribution in [0.4, 0.5) is 0 Å². The second-order valence-corrected chi connectivity index (χ2v) is 7.34. The van der Waals surface area contributed by atoms with E-state index < -0.39 is 15.8 Å². The van der Waals surface area contributed by atoms with Crippen molar-refractivity contribution in [2.75, 3.05) is 17.3 Å². The SMILES string of the molecule is CCSCCS(=O)(=O)c1cc(C(=O)O)ccc1Cl. The highest BCUT2D eigenvalue weighted by Gasteiger charge is 2.19. The van der Waals surface area contributed by atoms with Crippen LogP contribution < -0.4 is 0 Å². The van der Waals surface area contributed by atoms with Crippen LogP contribution in [0.3, 0.4) is 0 Å². The fourth-order valence-corrected chi connectivity index (χ4v) is 4.30. The number of thioether (sulfide) groups is 1. The minimum Gasteiger partial charge on any atom is -0.478 e. The summed E-state index contributed by atoms with van der Waals surface area (Å²) in [4.78, 5) is 10.7. The molecule has 1 rings (SSSR count). The van der Waals surface area contributed by atoms with Crippen LogP contribution in [-0.2, 0) is 9.84 Å². The van der Waals surface area contributed by atoms with E-state index in [1.54, 1.807) is 0 Å². The van der Waals surface area contributed by atoms with Crippen molar-refractivity contribution in [3.63, 3.8) is 0 Å². The molecule has 0 radical (unpaired) electrons. The number of hydrogen-bond donors (Lipinski definition) is 1. The summed E-state index contributed by atoms with van der Waals surface area (Å²) in [6.45, 7) is 1.94. The Morgan fingerprint density at radius 3 is 2.67 bits per heavy atom. The summed E-state index contributed by atoms with van der Waals surface area (Å²) >= 11 is 7.33. The Morgan fingerprint density at radius 2 is 2.11 bits per heavy atom. The molecule has 0 spiro atoms. The molecule has 0 heterocycles. The van der Waals surface area contributed by atoms with Gasteiger partial charge in [0.25, 0.3) is 0 Å². The molecule has 0 fully saturated rings. The molecule has 0 saturated carbocycles. The predicted molar refractivity (Wildman–Crippen MR) is 73.5 cm³/mol. The lowest BCUT2D eigenvalue weighted by molar-refractivity contribution is 0.0696. The van der Waals surface area contributed by atoms with Gasteiger partial charge in [0.1, 0.15) is 0 Å². The van der Waals surface area contributed by atoms with Crippen LogP contribution in [0.15, 0.2) is 23.1 Å². The molecule has 0 atom stereocenters. The van der Waals surface area contributed by atoms with Gasteiger partial charge in [0, 0.05) is 5.75 Å². The van der Waals surface area contributed by atoms with Crippen LogP contribution in [0.1, 0.15) is 17.3 Å². The van der Waals surface area contributed by atoms with Gasteiger partial charge in [-0.05, 0) is 24.0 Å². The second-order valence-electron chi connectivity index (χ2n) is 3.47. The Hall–Kier alpha value is -0.720. The van der Waals surface area contributed by atoms with Gasteiger partial charge < -0.3 is 5.11 Å². The zero-order valence-corrected chi connectivity index (χ0v) is 12.1. The summed E-state index contributed by atoms with van der Waals surface area (Å²) < 4.78 is 24.0. The minimum atomic E-state index is -3.54. The second kappa shape index (κ2) is 6.45. The van der Waals surface area contributed by atoms with E-state index in [-0.39, 0.29) is 21.2 Å². The van der Waals surface area contributed by atoms with Crippen LogP contribution in [0, 0.1) is 0 Å². The number of sulfone groups is 1. The van der Waals surface area contributed by atoms with Gasteiger partial charge in [-0.3, -0.25) is 0 Å². The van der Waals surface area contributed by atoms with Gasteiger partial charge in [-0.25, -0.2) is 13.2 Å². The van der Waals surface area contributed by atoms with E-state index in [2.05, 4.69) is 0 Å². The van der Waals surface area contributed by atoms with E-state index >= 15 is 0 Å². The first-order valence-corrected chi connectivity index (χ1v) is 8.40. The Bertz CT molecular complexity index is 540. The average Bonchev–Trinajstić information content (AvgIpc) is 2.29. The third-order valence-corrected chi connectivity index (χ3v) is 5.56. The van der Waals surface area contributed by atoms with E-state index in [1.165, 1.54) is 23.9 Å². The maximum absolute atomic E-state index is 12.0. The molecule has 0 bridgehead atoms. The number of carboxylic acid groups (broad SMARTS) is 1. The fourth-order valence-electron chi connectivity index (χ4n) is 1.30. The fraction of sp³-hybridized carbons (Fsp3) is 0.364. The molecule has 0 aliphatic rings. The maximum Gasteiger partial charge on any atom is 0.335 e. The molecule has 1 aromatic carbocycles. The van der Waals surface area contributed by atoms with E-state index in [9.17, 15) is 13.2 Å². The van der Waals surface area contributed by atoms with Crippen molar-refractivity contribution < 1.29 is 18.3 Å². The number of hydrogen-bond acceptors (Lipinski definition) is 4. The molecule has 18 heavy (non-hydrogen) atoms. The summed E-state index contributed by atoms with van der Waals surface area (Å²) in [5.74, 6) is 0.0742. The normalized spacial score (nSPS) is 11.4. The van der Waals surface area contributed by atoms with Gasteiger partial charge in [-0.1, -0.05) is 18.5 Å². The van der Waals surface area contributed by atoms with Crippen molar-refractivity contribution >= 4 is 39.2 Å². The van der Waals surface area contributed by atoms with Crippen LogP contribution in [0.2, 0.25) is 5.02 Å². The summed E-state index contributed by atoms with van der Waals surface area (Å²) in [7, 11) is -3.54. The number of carbonyl (C=O) groups is 1. The van der Waals surface area contributed by atoms with Crippen LogP contribution in [-0.4, -0.2) is 36.8 Å². The third kappa shape index (κ3) is 3.90. The largest absolute Gasteiger partial charge is 0.478 e. The lowest BCUT2D eigenvalue weighted by Gasteiger charge is -2.07. The quantitative estimate of drug-likeness (QED) is 0.818. The highest BCUT2D eigenvalue weighted by Crippen LogP contribution is 2.24. The number of benzene rings is 1. The number of aromatic carboxylic acids is 1. The van der Waals surface area contributed by atoms with Gasteiger partial charge in [0.15, 0.2) is 9.84 Å². The predicted octanol–water partition coefficient (Wildman–Crippen LogP) is 2.57. The molecule has 0 unspecified atom stereocenters. The maximum atomic E-state index is 12.0. The monoisotopic (exact) mass is 308 g/mol. The molecule has 0 aromatic heterocycles. The van der Waals surface area contributed by atoms with Crippen molar-refractivity contribution in [1.82, 2.24) is 0 Å². The highest BCUT2D eigenvalue weighted by molar-refractivity contribution is 8.00. The molecular formula is C11H13ClO4S2. The zero-order chi connectivity index (χ0) is 13.8. The van der Waals surface area contributed by atoms with Crippen molar-refractivity contribution in [3.8, 4) is 0 Å². The lowest BCUT2D eigenvalue weighted by Crippen LogP contribution is -2.11. The average molecular weight is 309 g/mol. The van der Waals surface area contributed by atoms with Crippen molar-refractivity contribution in [2.45, 2.75) is 11.8 Å². The van der Waals surface area contributed by atoms with Gasteiger partial charge in [0.2, 0.25) is 0 Å². The van der Waals surface area contributed by atoms with Crippen molar-refractivity contribution in [1.29, 1.82) is 0 Å². The molecule has 0 aliphatic heterocycles. The molecule has 1 N–H and O–H groups in total. The number of rotatable bonds is 6. The first kappa shape index (κ1) is 15.3. The standard InChI is InChI=1S/C11H13ClO4S2/c1-2-17-5-6-18(15,16)10-7-8(11(13)14)3-4-9(10)12/h3-4,7H,2,5-6H2,1H3,(H,13,14). The van der Waals surface area contributed by atoms with E-state index in [1.807, 2.05) is 6.92 Å². The Labute approximate surface area is 115 Å². The summed E-state index contributed by atoms with van der Waals surface area (Å²) in [5, 5.41) is 8.89. The first-order chi connectivity index (χ1) is 8.38. The molecule has 0 aliphatic carbocycles. The third-order valence-electron chi connectivity index (χ3n) is 2.21. The minimum absolute atomic E-state index is 0.0473. The molecule has 0 amide bonds. The van der Waals surface area contributed by atoms with Gasteiger partial charge in [0.05, 0.1) is 21.2 Å². The lowest BCUT2D eigenvalue weighted by atomic mass is 10.2. The molecule has 4 nitrogen and oxygen atoms in total. The van der Waals surface area contributed by atoms with Gasteiger partial charge in [-0.2, -0.15) is 11.8 Å². The van der Waals surface area contributed by atoms with E-state index in [4.69, 9.17) is 16.7 Å². The van der Waals surface area contributed by atoms with Crippen LogP contribution >= 0.6 is 23.4 Å². The summed E-state index contributed by atoms with van der Waals surface area (Å²) in [6, 6.07) is 3.69. The smallest absolute Gasteiger partial charge is 0.335 e. The van der Waals surface area contributed by atoms with Gasteiger partial charge in [-0.15, -0.1) is 0 Å². The topological polar surface area (TPSA) is 71.4 Å². The van der Waals surface area contributed by atoms with Crippen molar-refractivity contribution in [3.05, 3.63) is 28.8 Å². The Morgan fingerprint density at radius 1 is 1.44 bits per heavy atom. The molecule has 100 valence electrons. The summed E-state index contributed by atoms with van der Waals surface area (Å²) in [6.07, 6.45) is 0. The Kier molecular flexibility index (Phi) is 5.49. The number of carboxylic acids is 1. The van der Waals surface area contributed by atoms with Gasteiger partial charge >= 0.3 is 5.97 Å². The molecule has 1 aromatic rings. The molecule has 7 heteroatoms. The zero-order valence-electron chi connectivity index (χ0n) is 9.72. The van der Waals surface area contributed by atoms with E-state index in [0.717, 1.165) is 11.8 Å². The van der Waals surface area contributed by atoms with Crippen LogP contribution in [0.25, 0.3) is 0 Å². The highest BCUT2D eigenvalue weighted by atomic mass is 35.5. The summed E-state index contributed by atoms with van der Waals surface area (Å²) in [5.41, 5.74) is -0.0823. The Balaban J connectivity index is 3.07. The first-order valence-electron chi connectivity index (χ1n) is 5.22. The van der Waals surface area contributed by atoms with E-state index in [0.29, 0.717) is 5.75 Å². The molecule has 0 saturated heterocycles. The molecular weight excluding hydrogens is 296 g/mol. The number of halogens is 1. The van der Waals surface area contributed by atoms with Crippen molar-refractivity contribution in [2.24, 2.45) is 0 Å².